The number of hydrogen-bond acceptors (Lipinski definition) is 7. The molecule has 0 aliphatic carbocycles. The van der Waals surface area contributed by atoms with Crippen molar-refractivity contribution in [2.24, 2.45) is 0 Å². The summed E-state index contributed by atoms with van der Waals surface area (Å²) >= 11 is 6.51. The number of carbonyl (C=O) groups excluding carboxylic acids is 2. The second-order valence-electron chi connectivity index (χ2n) is 10.8. The number of piperidine rings is 1. The summed E-state index contributed by atoms with van der Waals surface area (Å²) in [6.45, 7) is 2.18. The zero-order chi connectivity index (χ0) is 29.6. The van der Waals surface area contributed by atoms with Crippen LogP contribution in [0, 0.1) is 0 Å². The number of fused-ring (bicyclic) bond motifs is 1. The quantitative estimate of drug-likeness (QED) is 0.217. The van der Waals surface area contributed by atoms with Gasteiger partial charge >= 0.3 is 0 Å². The van der Waals surface area contributed by atoms with Crippen molar-refractivity contribution in [3.63, 3.8) is 0 Å². The summed E-state index contributed by atoms with van der Waals surface area (Å²) in [6, 6.07) is 14.8. The summed E-state index contributed by atoms with van der Waals surface area (Å²) in [7, 11) is 5.89. The molecule has 4 aromatic rings. The number of carbonyl (C=O) groups is 2. The number of hydrogen-bond donors (Lipinski definition) is 4. The number of rotatable bonds is 9. The molecule has 4 N–H and O–H groups in total. The van der Waals surface area contributed by atoms with Gasteiger partial charge in [0.05, 0.1) is 16.9 Å². The third-order valence-corrected chi connectivity index (χ3v) is 7.32. The lowest BCUT2D eigenvalue weighted by Crippen LogP contribution is -2.53. The van der Waals surface area contributed by atoms with Crippen molar-refractivity contribution in [3.05, 3.63) is 83.7 Å². The largest absolute Gasteiger partial charge is 0.360 e. The first-order valence-electron chi connectivity index (χ1n) is 13.8. The third kappa shape index (κ3) is 7.33. The molecule has 0 spiro atoms. The average Bonchev–Trinajstić information content (AvgIpc) is 3.38. The van der Waals surface area contributed by atoms with Crippen LogP contribution in [-0.4, -0.2) is 89.4 Å². The molecule has 2 aromatic heterocycles. The maximum atomic E-state index is 13.0. The topological polar surface area (TPSA) is 118 Å². The summed E-state index contributed by atoms with van der Waals surface area (Å²) < 4.78 is 0. The molecule has 2 amide bonds. The van der Waals surface area contributed by atoms with E-state index in [2.05, 4.69) is 30.8 Å². The van der Waals surface area contributed by atoms with Crippen molar-refractivity contribution >= 4 is 46.0 Å². The number of nitrogens with zero attached hydrogens (tertiary/aromatic N) is 4. The van der Waals surface area contributed by atoms with Crippen LogP contribution >= 0.6 is 11.6 Å². The van der Waals surface area contributed by atoms with Gasteiger partial charge in [0, 0.05) is 71.7 Å². The SMILES string of the molecule is CN(C)C/C=C/C(=O)Nc1ccc(C(=O)NC2CC(Nc3ncc(Cl)c(-c4c[nH]c5ccccc45)n3)CN(C)C2)cc1. The van der Waals surface area contributed by atoms with Crippen molar-refractivity contribution in [2.45, 2.75) is 18.5 Å². The number of anilines is 2. The predicted octanol–water partition coefficient (Wildman–Crippen LogP) is 4.25. The monoisotopic (exact) mass is 586 g/mol. The fourth-order valence-electron chi connectivity index (χ4n) is 5.13. The van der Waals surface area contributed by atoms with E-state index in [0.29, 0.717) is 40.9 Å². The molecule has 2 atom stereocenters. The minimum Gasteiger partial charge on any atom is -0.360 e. The molecule has 2 unspecified atom stereocenters. The number of para-hydroxylation sites is 1. The molecule has 42 heavy (non-hydrogen) atoms. The van der Waals surface area contributed by atoms with E-state index in [1.165, 1.54) is 6.08 Å². The van der Waals surface area contributed by atoms with Gasteiger partial charge in [-0.1, -0.05) is 35.9 Å². The summed E-state index contributed by atoms with van der Waals surface area (Å²) in [5.74, 6) is 0.109. The lowest BCUT2D eigenvalue weighted by Gasteiger charge is -2.36. The molecule has 0 saturated carbocycles. The van der Waals surface area contributed by atoms with Crippen LogP contribution in [0.1, 0.15) is 16.8 Å². The summed E-state index contributed by atoms with van der Waals surface area (Å²) in [4.78, 5) is 41.7. The highest BCUT2D eigenvalue weighted by Gasteiger charge is 2.27. The summed E-state index contributed by atoms with van der Waals surface area (Å²) in [5, 5.41) is 10.9. The highest BCUT2D eigenvalue weighted by atomic mass is 35.5. The first-order chi connectivity index (χ1) is 20.2. The Balaban J connectivity index is 1.20. The molecular formula is C31H35ClN8O2. The van der Waals surface area contributed by atoms with E-state index in [1.54, 1.807) is 36.5 Å². The summed E-state index contributed by atoms with van der Waals surface area (Å²) in [6.07, 6.45) is 7.53. The predicted molar refractivity (Wildman–Crippen MR) is 168 cm³/mol. The van der Waals surface area contributed by atoms with Crippen LogP contribution in [-0.2, 0) is 4.79 Å². The maximum absolute atomic E-state index is 13.0. The fraction of sp³-hybridized carbons (Fsp3) is 0.290. The van der Waals surface area contributed by atoms with Crippen LogP contribution in [0.3, 0.4) is 0 Å². The Morgan fingerprint density at radius 1 is 1.12 bits per heavy atom. The molecule has 218 valence electrons. The molecule has 3 heterocycles. The Bertz CT molecular complexity index is 1580. The Kier molecular flexibility index (Phi) is 9.16. The Labute approximate surface area is 250 Å². The van der Waals surface area contributed by atoms with E-state index in [4.69, 9.17) is 16.6 Å². The van der Waals surface area contributed by atoms with Gasteiger partial charge < -0.3 is 30.7 Å². The standard InChI is InChI=1S/C31H35ClN8O2/c1-39(2)14-6-9-28(41)35-21-12-10-20(11-13-21)30(42)36-22-15-23(19-40(3)18-22)37-31-34-17-26(32)29(38-31)25-16-33-27-8-5-4-7-24(25)27/h4-13,16-17,22-23,33H,14-15,18-19H2,1-3H3,(H,35,41)(H,36,42)(H,34,37,38)/b9-6+. The van der Waals surface area contributed by atoms with Crippen molar-refractivity contribution in [1.29, 1.82) is 0 Å². The molecule has 1 aliphatic heterocycles. The minimum absolute atomic E-state index is 0.0178. The van der Waals surface area contributed by atoms with E-state index < -0.39 is 0 Å². The van der Waals surface area contributed by atoms with Gasteiger partial charge in [0.15, 0.2) is 0 Å². The van der Waals surface area contributed by atoms with Crippen molar-refractivity contribution in [3.8, 4) is 11.3 Å². The summed E-state index contributed by atoms with van der Waals surface area (Å²) in [5.41, 5.74) is 3.74. The lowest BCUT2D eigenvalue weighted by molar-refractivity contribution is -0.111. The number of halogens is 1. The second kappa shape index (κ2) is 13.2. The van der Waals surface area contributed by atoms with Gasteiger partial charge in [0.2, 0.25) is 11.9 Å². The molecular weight excluding hydrogens is 552 g/mol. The first-order valence-corrected chi connectivity index (χ1v) is 14.2. The van der Waals surface area contributed by atoms with Crippen LogP contribution in [0.5, 0.6) is 0 Å². The van der Waals surface area contributed by atoms with Gasteiger partial charge in [0.25, 0.3) is 5.91 Å². The molecule has 1 fully saturated rings. The number of H-pyrrole nitrogens is 1. The number of likely N-dealkylation sites (tertiary alicyclic amines) is 1. The van der Waals surface area contributed by atoms with Crippen molar-refractivity contribution in [1.82, 2.24) is 30.1 Å². The highest BCUT2D eigenvalue weighted by molar-refractivity contribution is 6.33. The lowest BCUT2D eigenvalue weighted by atomic mass is 10.0. The zero-order valence-corrected chi connectivity index (χ0v) is 24.7. The molecule has 0 bridgehead atoms. The van der Waals surface area contributed by atoms with Gasteiger partial charge in [-0.2, -0.15) is 0 Å². The van der Waals surface area contributed by atoms with Crippen LogP contribution in [0.4, 0.5) is 11.6 Å². The molecule has 1 saturated heterocycles. The number of aromatic nitrogens is 3. The molecule has 2 aromatic carbocycles. The molecule has 11 heteroatoms. The number of likely N-dealkylation sites (N-methyl/N-ethyl adjacent to an activating group) is 2. The highest BCUT2D eigenvalue weighted by Crippen LogP contribution is 2.32. The molecule has 10 nitrogen and oxygen atoms in total. The Morgan fingerprint density at radius 3 is 2.67 bits per heavy atom. The third-order valence-electron chi connectivity index (χ3n) is 7.04. The van der Waals surface area contributed by atoms with Gasteiger partial charge in [-0.15, -0.1) is 0 Å². The van der Waals surface area contributed by atoms with Gasteiger partial charge in [-0.3, -0.25) is 9.59 Å². The van der Waals surface area contributed by atoms with Gasteiger partial charge in [-0.05, 0) is 57.9 Å². The molecule has 0 radical (unpaired) electrons. The van der Waals surface area contributed by atoms with Crippen LogP contribution < -0.4 is 16.0 Å². The second-order valence-corrected chi connectivity index (χ2v) is 11.2. The number of amides is 2. The number of nitrogens with one attached hydrogen (secondary N) is 4. The van der Waals surface area contributed by atoms with Gasteiger partial charge in [-0.25, -0.2) is 9.97 Å². The van der Waals surface area contributed by atoms with E-state index in [9.17, 15) is 9.59 Å². The van der Waals surface area contributed by atoms with E-state index >= 15 is 0 Å². The Hall–Kier alpha value is -4.25. The van der Waals surface area contributed by atoms with E-state index in [1.807, 2.05) is 56.5 Å². The number of benzene rings is 2. The average molecular weight is 587 g/mol. The van der Waals surface area contributed by atoms with Crippen LogP contribution in [0.15, 0.2) is 73.1 Å². The first kappa shape index (κ1) is 29.2. The van der Waals surface area contributed by atoms with Crippen molar-refractivity contribution in [2.75, 3.05) is 51.4 Å². The minimum atomic E-state index is -0.212. The van der Waals surface area contributed by atoms with Gasteiger partial charge in [0.1, 0.15) is 0 Å². The van der Waals surface area contributed by atoms with Crippen LogP contribution in [0.2, 0.25) is 5.02 Å². The number of aromatic amines is 1. The van der Waals surface area contributed by atoms with E-state index in [-0.39, 0.29) is 23.9 Å². The van der Waals surface area contributed by atoms with E-state index in [0.717, 1.165) is 29.6 Å². The zero-order valence-electron chi connectivity index (χ0n) is 23.9. The normalized spacial score (nSPS) is 17.5. The molecule has 5 rings (SSSR count). The molecule has 1 aliphatic rings. The Morgan fingerprint density at radius 2 is 1.88 bits per heavy atom. The maximum Gasteiger partial charge on any atom is 0.251 e. The fourth-order valence-corrected chi connectivity index (χ4v) is 5.33. The smallest absolute Gasteiger partial charge is 0.251 e. The van der Waals surface area contributed by atoms with Crippen LogP contribution in [0.25, 0.3) is 22.2 Å². The van der Waals surface area contributed by atoms with Crippen molar-refractivity contribution < 1.29 is 9.59 Å².